The minimum Gasteiger partial charge on any atom is -0.339 e. The van der Waals surface area contributed by atoms with Gasteiger partial charge in [-0.3, -0.25) is 13.9 Å². The fourth-order valence-electron chi connectivity index (χ4n) is 7.79. The largest absolute Gasteiger partial charge is 0.416 e. The van der Waals surface area contributed by atoms with Crippen molar-refractivity contribution in [3.8, 4) is 16.9 Å². The van der Waals surface area contributed by atoms with E-state index in [0.29, 0.717) is 71.8 Å². The molecule has 2 fully saturated rings. The lowest BCUT2D eigenvalue weighted by Gasteiger charge is -2.43. The molecular formula is C39H52F4N8OS. The molecule has 4 aromatic rings. The zero-order chi connectivity index (χ0) is 37.7. The topological polar surface area (TPSA) is 144 Å². The van der Waals surface area contributed by atoms with Crippen molar-refractivity contribution in [2.45, 2.75) is 99.6 Å². The SMILES string of the molecule is CSc1cc(-n2cc3cc(-c4cc(CCC[C@@H](N)C5CC5)cc(C(F)(F)F)c4)[nH]c3nc2=O)ccc1[C@@H]1CCC[C@@H](CCNC(N)CN)N1CCCF. The molecule has 288 valence electrons. The second-order valence-corrected chi connectivity index (χ2v) is 15.4. The quantitative estimate of drug-likeness (QED) is 0.0458. The summed E-state index contributed by atoms with van der Waals surface area (Å²) in [7, 11) is 0. The number of alkyl halides is 4. The van der Waals surface area contributed by atoms with Crippen LogP contribution in [-0.2, 0) is 12.6 Å². The van der Waals surface area contributed by atoms with E-state index in [1.165, 1.54) is 10.6 Å². The molecule has 0 amide bonds. The van der Waals surface area contributed by atoms with Crippen molar-refractivity contribution >= 4 is 22.8 Å². The van der Waals surface area contributed by atoms with Gasteiger partial charge in [0, 0.05) is 53.4 Å². The van der Waals surface area contributed by atoms with Gasteiger partial charge < -0.3 is 27.5 Å². The highest BCUT2D eigenvalue weighted by molar-refractivity contribution is 7.98. The summed E-state index contributed by atoms with van der Waals surface area (Å²) >= 11 is 1.59. The van der Waals surface area contributed by atoms with E-state index in [-0.39, 0.29) is 31.0 Å². The Balaban J connectivity index is 1.26. The summed E-state index contributed by atoms with van der Waals surface area (Å²) in [4.78, 5) is 24.2. The van der Waals surface area contributed by atoms with Crippen LogP contribution in [0.3, 0.4) is 0 Å². The third-order valence-electron chi connectivity index (χ3n) is 10.8. The van der Waals surface area contributed by atoms with Gasteiger partial charge in [0.05, 0.1) is 24.1 Å². The zero-order valence-electron chi connectivity index (χ0n) is 30.3. The Bertz CT molecular complexity index is 1890. The second-order valence-electron chi connectivity index (χ2n) is 14.6. The molecule has 2 aliphatic rings. The maximum Gasteiger partial charge on any atom is 0.416 e. The number of aryl methyl sites for hydroxylation is 1. The van der Waals surface area contributed by atoms with Crippen LogP contribution < -0.4 is 28.2 Å². The van der Waals surface area contributed by atoms with E-state index in [1.807, 2.05) is 18.4 Å². The monoisotopic (exact) mass is 756 g/mol. The van der Waals surface area contributed by atoms with Crippen LogP contribution in [0, 0.1) is 5.92 Å². The van der Waals surface area contributed by atoms with Crippen LogP contribution in [0.15, 0.2) is 58.4 Å². The van der Waals surface area contributed by atoms with Crippen LogP contribution in [0.2, 0.25) is 0 Å². The minimum absolute atomic E-state index is 0.0943. The van der Waals surface area contributed by atoms with Crippen molar-refractivity contribution in [3.63, 3.8) is 0 Å². The van der Waals surface area contributed by atoms with Crippen molar-refractivity contribution < 1.29 is 17.6 Å². The number of fused-ring (bicyclic) bond motifs is 1. The number of aromatic nitrogens is 3. The number of hydrogen-bond donors (Lipinski definition) is 5. The van der Waals surface area contributed by atoms with Gasteiger partial charge in [0.1, 0.15) is 5.65 Å². The summed E-state index contributed by atoms with van der Waals surface area (Å²) in [6.45, 7) is 1.33. The number of halogens is 4. The standard InChI is InChI=1S/C39H52F4N8OS/c1-53-35-21-30(11-12-31(35)34-8-3-6-29(50(34)16-4-14-40)13-15-47-36(46)22-44)51-23-27-20-33(48-37(27)49-38(51)52)26-17-24(18-28(19-26)39(41,42)43)5-2-7-32(45)25-9-10-25/h11-12,17-21,23,25,29,32,34,36,47H,2-10,13-16,22,44-46H2,1H3,(H,48,49,52)/t29-,32+,34-,36?/m0/s1. The van der Waals surface area contributed by atoms with Gasteiger partial charge in [0.2, 0.25) is 0 Å². The molecule has 6 rings (SSSR count). The van der Waals surface area contributed by atoms with Gasteiger partial charge in [0.15, 0.2) is 0 Å². The van der Waals surface area contributed by atoms with Gasteiger partial charge in [-0.05, 0) is 136 Å². The van der Waals surface area contributed by atoms with E-state index < -0.39 is 17.4 Å². The molecule has 0 bridgehead atoms. The maximum absolute atomic E-state index is 14.0. The third kappa shape index (κ3) is 9.70. The van der Waals surface area contributed by atoms with Crippen LogP contribution in [0.1, 0.15) is 80.5 Å². The highest BCUT2D eigenvalue weighted by atomic mass is 32.2. The lowest BCUT2D eigenvalue weighted by atomic mass is 9.89. The van der Waals surface area contributed by atoms with Crippen molar-refractivity contribution in [2.24, 2.45) is 23.1 Å². The average molecular weight is 757 g/mol. The van der Waals surface area contributed by atoms with E-state index in [0.717, 1.165) is 68.0 Å². The number of rotatable bonds is 17. The lowest BCUT2D eigenvalue weighted by Crippen LogP contribution is -2.47. The van der Waals surface area contributed by atoms with E-state index in [4.69, 9.17) is 17.2 Å². The number of nitrogens with two attached hydrogens (primary N) is 3. The van der Waals surface area contributed by atoms with Crippen molar-refractivity contribution in [3.05, 3.63) is 75.8 Å². The van der Waals surface area contributed by atoms with Crippen LogP contribution in [0.4, 0.5) is 17.6 Å². The first-order chi connectivity index (χ1) is 25.5. The molecule has 1 aliphatic carbocycles. The number of benzene rings is 2. The lowest BCUT2D eigenvalue weighted by molar-refractivity contribution is -0.137. The molecule has 1 unspecified atom stereocenters. The highest BCUT2D eigenvalue weighted by Crippen LogP contribution is 2.40. The van der Waals surface area contributed by atoms with Gasteiger partial charge in [-0.15, -0.1) is 11.8 Å². The third-order valence-corrected chi connectivity index (χ3v) is 11.6. The molecule has 1 saturated carbocycles. The Morgan fingerprint density at radius 1 is 1.08 bits per heavy atom. The molecule has 9 nitrogen and oxygen atoms in total. The molecule has 4 atom stereocenters. The first kappa shape index (κ1) is 39.4. The smallest absolute Gasteiger partial charge is 0.339 e. The predicted octanol–water partition coefficient (Wildman–Crippen LogP) is 6.66. The normalized spacial score (nSPS) is 19.5. The van der Waals surface area contributed by atoms with Gasteiger partial charge in [0.25, 0.3) is 0 Å². The Morgan fingerprint density at radius 2 is 1.89 bits per heavy atom. The van der Waals surface area contributed by atoms with Gasteiger partial charge in [-0.2, -0.15) is 18.2 Å². The van der Waals surface area contributed by atoms with E-state index in [2.05, 4.69) is 26.3 Å². The average Bonchev–Trinajstić information content (AvgIpc) is 3.92. The number of nitrogens with zero attached hydrogens (tertiary/aromatic N) is 3. The molecule has 0 spiro atoms. The Labute approximate surface area is 312 Å². The molecule has 14 heteroatoms. The molecule has 1 saturated heterocycles. The van der Waals surface area contributed by atoms with Crippen LogP contribution in [0.5, 0.6) is 0 Å². The van der Waals surface area contributed by atoms with Crippen LogP contribution >= 0.6 is 11.8 Å². The number of aromatic amines is 1. The number of nitrogens with one attached hydrogen (secondary N) is 2. The first-order valence-corrected chi connectivity index (χ1v) is 20.0. The Hall–Kier alpha value is -3.27. The van der Waals surface area contributed by atoms with Crippen LogP contribution in [-0.4, -0.2) is 70.2 Å². The van der Waals surface area contributed by atoms with Crippen molar-refractivity contribution in [1.29, 1.82) is 0 Å². The van der Waals surface area contributed by atoms with Crippen molar-refractivity contribution in [1.82, 2.24) is 24.8 Å². The fraction of sp³-hybridized carbons (Fsp3) is 0.538. The summed E-state index contributed by atoms with van der Waals surface area (Å²) in [5.74, 6) is 0.540. The van der Waals surface area contributed by atoms with Crippen LogP contribution in [0.25, 0.3) is 28.0 Å². The molecule has 2 aromatic carbocycles. The maximum atomic E-state index is 14.0. The number of H-pyrrole nitrogens is 1. The van der Waals surface area contributed by atoms with Gasteiger partial charge >= 0.3 is 11.9 Å². The van der Waals surface area contributed by atoms with Crippen molar-refractivity contribution in [2.75, 3.05) is 32.6 Å². The summed E-state index contributed by atoms with van der Waals surface area (Å²) in [5, 5.41) is 3.87. The Morgan fingerprint density at radius 3 is 2.60 bits per heavy atom. The summed E-state index contributed by atoms with van der Waals surface area (Å²) in [5.41, 5.74) is 20.2. The number of likely N-dealkylation sites (tertiary alicyclic amines) is 1. The second kappa shape index (κ2) is 17.5. The van der Waals surface area contributed by atoms with E-state index >= 15 is 0 Å². The van der Waals surface area contributed by atoms with Gasteiger partial charge in [-0.1, -0.05) is 6.07 Å². The fourth-order valence-corrected chi connectivity index (χ4v) is 8.47. The highest BCUT2D eigenvalue weighted by Gasteiger charge is 2.33. The summed E-state index contributed by atoms with van der Waals surface area (Å²) in [6, 6.07) is 12.3. The van der Waals surface area contributed by atoms with E-state index in [1.54, 1.807) is 30.1 Å². The predicted molar refractivity (Wildman–Crippen MR) is 205 cm³/mol. The molecule has 2 aromatic heterocycles. The minimum atomic E-state index is -4.51. The number of hydrogen-bond acceptors (Lipinski definition) is 8. The summed E-state index contributed by atoms with van der Waals surface area (Å²) in [6.07, 6.45) is 7.48. The number of piperidine rings is 1. The molecule has 3 heterocycles. The molecular weight excluding hydrogens is 705 g/mol. The molecule has 8 N–H and O–H groups in total. The molecule has 0 radical (unpaired) electrons. The zero-order valence-corrected chi connectivity index (χ0v) is 31.1. The first-order valence-electron chi connectivity index (χ1n) is 18.8. The molecule has 53 heavy (non-hydrogen) atoms. The van der Waals surface area contributed by atoms with E-state index in [9.17, 15) is 22.4 Å². The molecule has 1 aliphatic heterocycles. The summed E-state index contributed by atoms with van der Waals surface area (Å²) < 4.78 is 56.9. The van der Waals surface area contributed by atoms with Gasteiger partial charge in [-0.25, -0.2) is 4.79 Å². The number of thioether (sulfide) groups is 1. The Kier molecular flexibility index (Phi) is 13.0.